The Bertz CT molecular complexity index is 940. The molecule has 30 heavy (non-hydrogen) atoms. The zero-order valence-electron chi connectivity index (χ0n) is 16.4. The number of hydrogen-bond donors (Lipinski definition) is 2. The van der Waals surface area contributed by atoms with E-state index in [1.807, 2.05) is 4.90 Å². The van der Waals surface area contributed by atoms with Gasteiger partial charge in [0.05, 0.1) is 24.4 Å². The number of carbonyl (C=O) groups excluding carboxylic acids is 2. The van der Waals surface area contributed by atoms with Gasteiger partial charge in [-0.25, -0.2) is 14.2 Å². The van der Waals surface area contributed by atoms with Crippen molar-refractivity contribution in [3.8, 4) is 0 Å². The van der Waals surface area contributed by atoms with Crippen molar-refractivity contribution in [3.05, 3.63) is 53.5 Å². The Morgan fingerprint density at radius 3 is 2.50 bits per heavy atom. The Morgan fingerprint density at radius 2 is 1.90 bits per heavy atom. The molecule has 1 aliphatic rings. The minimum Gasteiger partial charge on any atom is -0.478 e. The van der Waals surface area contributed by atoms with Crippen molar-refractivity contribution in [1.29, 1.82) is 0 Å². The van der Waals surface area contributed by atoms with Crippen molar-refractivity contribution >= 4 is 29.4 Å². The number of anilines is 2. The van der Waals surface area contributed by atoms with Gasteiger partial charge in [0, 0.05) is 18.7 Å². The van der Waals surface area contributed by atoms with Crippen LogP contribution < -0.4 is 10.2 Å². The molecule has 0 atom stereocenters. The highest BCUT2D eigenvalue weighted by Gasteiger charge is 2.28. The number of aromatic nitrogens is 1. The molecule has 3 rings (SSSR count). The van der Waals surface area contributed by atoms with Crippen LogP contribution in [0.25, 0.3) is 0 Å². The van der Waals surface area contributed by atoms with Gasteiger partial charge in [-0.2, -0.15) is 0 Å². The fourth-order valence-electron chi connectivity index (χ4n) is 3.33. The minimum atomic E-state index is -1.18. The third-order valence-corrected chi connectivity index (χ3v) is 4.88. The standard InChI is InChI=1S/C21H22FN3O5/c1-2-30-21(29)14-7-9-25(10-8-14)18-17(20(27)28)11-16(12-23-18)24-19(26)13-3-5-15(22)6-4-13/h3-6,11-12,14H,2,7-10H2,1H3,(H,24,26)(H,27,28). The van der Waals surface area contributed by atoms with Crippen LogP contribution in [-0.2, 0) is 9.53 Å². The Morgan fingerprint density at radius 1 is 1.23 bits per heavy atom. The van der Waals surface area contributed by atoms with E-state index in [2.05, 4.69) is 10.3 Å². The maximum Gasteiger partial charge on any atom is 0.339 e. The molecule has 2 aromatic rings. The molecule has 1 fully saturated rings. The van der Waals surface area contributed by atoms with Crippen molar-refractivity contribution in [2.75, 3.05) is 29.9 Å². The molecule has 8 nitrogen and oxygen atoms in total. The number of aromatic carboxylic acids is 1. The van der Waals surface area contributed by atoms with Crippen molar-refractivity contribution in [2.24, 2.45) is 5.92 Å². The summed E-state index contributed by atoms with van der Waals surface area (Å²) < 4.78 is 18.1. The van der Waals surface area contributed by atoms with Gasteiger partial charge in [-0.15, -0.1) is 0 Å². The molecule has 1 saturated heterocycles. The molecular weight excluding hydrogens is 393 g/mol. The number of piperidine rings is 1. The van der Waals surface area contributed by atoms with E-state index in [0.29, 0.717) is 32.5 Å². The maximum absolute atomic E-state index is 13.0. The second-order valence-electron chi connectivity index (χ2n) is 6.87. The van der Waals surface area contributed by atoms with Crippen LogP contribution in [0.15, 0.2) is 36.5 Å². The van der Waals surface area contributed by atoms with Crippen molar-refractivity contribution < 1.29 is 28.6 Å². The van der Waals surface area contributed by atoms with Crippen LogP contribution in [0.1, 0.15) is 40.5 Å². The molecule has 9 heteroatoms. The number of pyridine rings is 1. The highest BCUT2D eigenvalue weighted by molar-refractivity contribution is 6.05. The number of carboxylic acids is 1. The summed E-state index contributed by atoms with van der Waals surface area (Å²) in [5.41, 5.74) is 0.395. The summed E-state index contributed by atoms with van der Waals surface area (Å²) in [6, 6.07) is 6.33. The maximum atomic E-state index is 13.0. The lowest BCUT2D eigenvalue weighted by molar-refractivity contribution is -0.148. The summed E-state index contributed by atoms with van der Waals surface area (Å²) in [4.78, 5) is 42.0. The first-order chi connectivity index (χ1) is 14.4. The molecule has 0 unspecified atom stereocenters. The number of esters is 1. The highest BCUT2D eigenvalue weighted by Crippen LogP contribution is 2.27. The van der Waals surface area contributed by atoms with Crippen LogP contribution in [0, 0.1) is 11.7 Å². The molecule has 1 aromatic carbocycles. The number of hydrogen-bond acceptors (Lipinski definition) is 6. The van der Waals surface area contributed by atoms with E-state index in [4.69, 9.17) is 4.74 Å². The average Bonchev–Trinajstić information content (AvgIpc) is 2.74. The highest BCUT2D eigenvalue weighted by atomic mass is 19.1. The van der Waals surface area contributed by atoms with E-state index in [0.717, 1.165) is 0 Å². The van der Waals surface area contributed by atoms with E-state index in [1.165, 1.54) is 36.5 Å². The van der Waals surface area contributed by atoms with Gasteiger partial charge in [0.25, 0.3) is 5.91 Å². The van der Waals surface area contributed by atoms with Gasteiger partial charge in [0.2, 0.25) is 0 Å². The molecular formula is C21H22FN3O5. The molecule has 0 bridgehead atoms. The second-order valence-corrected chi connectivity index (χ2v) is 6.87. The second kappa shape index (κ2) is 9.34. The van der Waals surface area contributed by atoms with E-state index in [1.54, 1.807) is 6.92 Å². The number of rotatable bonds is 6. The van der Waals surface area contributed by atoms with E-state index < -0.39 is 17.7 Å². The van der Waals surface area contributed by atoms with E-state index in [9.17, 15) is 23.9 Å². The van der Waals surface area contributed by atoms with Gasteiger partial charge < -0.3 is 20.1 Å². The number of carbonyl (C=O) groups is 3. The minimum absolute atomic E-state index is 0.0542. The normalized spacial score (nSPS) is 14.3. The lowest BCUT2D eigenvalue weighted by Gasteiger charge is -2.32. The largest absolute Gasteiger partial charge is 0.478 e. The Balaban J connectivity index is 1.73. The molecule has 2 heterocycles. The number of benzene rings is 1. The average molecular weight is 415 g/mol. The molecule has 158 valence electrons. The Kier molecular flexibility index (Phi) is 6.61. The van der Waals surface area contributed by atoms with E-state index >= 15 is 0 Å². The summed E-state index contributed by atoms with van der Waals surface area (Å²) in [5, 5.41) is 12.2. The number of carboxylic acid groups (broad SMARTS) is 1. The van der Waals surface area contributed by atoms with Crippen molar-refractivity contribution in [3.63, 3.8) is 0 Å². The molecule has 0 saturated carbocycles. The Labute approximate surface area is 172 Å². The fourth-order valence-corrected chi connectivity index (χ4v) is 3.33. The van der Waals surface area contributed by atoms with Crippen LogP contribution in [-0.4, -0.2) is 47.6 Å². The topological polar surface area (TPSA) is 109 Å². The predicted molar refractivity (Wildman–Crippen MR) is 107 cm³/mol. The first kappa shape index (κ1) is 21.2. The van der Waals surface area contributed by atoms with Crippen LogP contribution in [0.3, 0.4) is 0 Å². The zero-order valence-corrected chi connectivity index (χ0v) is 16.4. The number of halogens is 1. The predicted octanol–water partition coefficient (Wildman–Crippen LogP) is 2.95. The van der Waals surface area contributed by atoms with Crippen LogP contribution in [0.5, 0.6) is 0 Å². The molecule has 1 aliphatic heterocycles. The Hall–Kier alpha value is -3.49. The van der Waals surface area contributed by atoms with E-state index in [-0.39, 0.29) is 34.5 Å². The smallest absolute Gasteiger partial charge is 0.339 e. The summed E-state index contributed by atoms with van der Waals surface area (Å²) in [6.07, 6.45) is 2.46. The molecule has 1 amide bonds. The zero-order chi connectivity index (χ0) is 21.7. The van der Waals surface area contributed by atoms with Gasteiger partial charge in [-0.05, 0) is 50.1 Å². The lowest BCUT2D eigenvalue weighted by atomic mass is 9.96. The summed E-state index contributed by atoms with van der Waals surface area (Å²) in [7, 11) is 0. The quantitative estimate of drug-likeness (QED) is 0.698. The third kappa shape index (κ3) is 4.91. The summed E-state index contributed by atoms with van der Waals surface area (Å²) in [6.45, 7) is 3.03. The van der Waals surface area contributed by atoms with Crippen molar-refractivity contribution in [2.45, 2.75) is 19.8 Å². The van der Waals surface area contributed by atoms with Crippen LogP contribution in [0.4, 0.5) is 15.9 Å². The van der Waals surface area contributed by atoms with Gasteiger partial charge in [0.1, 0.15) is 17.2 Å². The third-order valence-electron chi connectivity index (χ3n) is 4.88. The fraction of sp³-hybridized carbons (Fsp3) is 0.333. The van der Waals surface area contributed by atoms with Crippen molar-refractivity contribution in [1.82, 2.24) is 4.98 Å². The molecule has 0 aliphatic carbocycles. The molecule has 0 spiro atoms. The van der Waals surface area contributed by atoms with Gasteiger partial charge in [0.15, 0.2) is 0 Å². The molecule has 1 aromatic heterocycles. The SMILES string of the molecule is CCOC(=O)C1CCN(c2ncc(NC(=O)c3ccc(F)cc3)cc2C(=O)O)CC1. The first-order valence-corrected chi connectivity index (χ1v) is 9.61. The number of amides is 1. The number of nitrogens with one attached hydrogen (secondary N) is 1. The molecule has 2 N–H and O–H groups in total. The van der Waals surface area contributed by atoms with Gasteiger partial charge in [-0.1, -0.05) is 0 Å². The summed E-state index contributed by atoms with van der Waals surface area (Å²) in [5.74, 6) is -2.30. The molecule has 0 radical (unpaired) electrons. The lowest BCUT2D eigenvalue weighted by Crippen LogP contribution is -2.38. The van der Waals surface area contributed by atoms with Gasteiger partial charge >= 0.3 is 11.9 Å². The number of nitrogens with zero attached hydrogens (tertiary/aromatic N) is 2. The van der Waals surface area contributed by atoms with Gasteiger partial charge in [-0.3, -0.25) is 9.59 Å². The monoisotopic (exact) mass is 415 g/mol. The van der Waals surface area contributed by atoms with Crippen LogP contribution >= 0.6 is 0 Å². The first-order valence-electron chi connectivity index (χ1n) is 9.61. The summed E-state index contributed by atoms with van der Waals surface area (Å²) >= 11 is 0. The van der Waals surface area contributed by atoms with Crippen LogP contribution in [0.2, 0.25) is 0 Å². The number of ether oxygens (including phenoxy) is 1.